The van der Waals surface area contributed by atoms with E-state index in [1.807, 2.05) is 13.0 Å². The second-order valence-corrected chi connectivity index (χ2v) is 6.64. The summed E-state index contributed by atoms with van der Waals surface area (Å²) in [6, 6.07) is 8.21. The van der Waals surface area contributed by atoms with E-state index in [2.05, 4.69) is 23.5 Å². The van der Waals surface area contributed by atoms with E-state index in [1.165, 1.54) is 18.4 Å². The Labute approximate surface area is 132 Å². The van der Waals surface area contributed by atoms with Crippen LogP contribution in [0.3, 0.4) is 0 Å². The number of carbonyl (C=O) groups is 1. The molecule has 1 aromatic carbocycles. The van der Waals surface area contributed by atoms with Gasteiger partial charge in [0.25, 0.3) is 0 Å². The Morgan fingerprint density at radius 3 is 2.77 bits per heavy atom. The molecule has 2 atom stereocenters. The topological polar surface area (TPSA) is 47.6 Å². The second kappa shape index (κ2) is 6.29. The molecule has 0 spiro atoms. The van der Waals surface area contributed by atoms with E-state index in [1.54, 1.807) is 7.11 Å². The molecule has 0 bridgehead atoms. The van der Waals surface area contributed by atoms with Crippen LogP contribution in [0.15, 0.2) is 24.3 Å². The Kier molecular flexibility index (Phi) is 4.39. The highest BCUT2D eigenvalue weighted by Crippen LogP contribution is 2.41. The molecule has 1 aliphatic heterocycles. The van der Waals surface area contributed by atoms with Crippen LogP contribution in [0.1, 0.15) is 44.6 Å². The predicted octanol–water partition coefficient (Wildman–Crippen LogP) is 2.80. The van der Waals surface area contributed by atoms with Crippen molar-refractivity contribution in [3.05, 3.63) is 29.8 Å². The standard InChI is InChI=1S/C18H25NO3/c1-13-10-16(17(20)22-13)19-12-18(8-3-4-9-18)14-6-5-7-15(11-14)21-2/h5-7,11,13,16,19H,3-4,8-10,12H2,1-2H3/t13-,16-/m1/s1. The Balaban J connectivity index is 1.75. The first-order valence-corrected chi connectivity index (χ1v) is 8.21. The molecule has 3 rings (SSSR count). The third kappa shape index (κ3) is 2.98. The molecule has 1 N–H and O–H groups in total. The number of cyclic esters (lactones) is 1. The third-order valence-corrected chi connectivity index (χ3v) is 5.10. The van der Waals surface area contributed by atoms with Crippen molar-refractivity contribution in [2.24, 2.45) is 0 Å². The van der Waals surface area contributed by atoms with Crippen LogP contribution in [0.5, 0.6) is 5.75 Å². The Morgan fingerprint density at radius 1 is 1.36 bits per heavy atom. The van der Waals surface area contributed by atoms with Gasteiger partial charge in [0, 0.05) is 18.4 Å². The minimum atomic E-state index is -0.155. The molecule has 0 unspecified atom stereocenters. The first kappa shape index (κ1) is 15.3. The molecule has 22 heavy (non-hydrogen) atoms. The van der Waals surface area contributed by atoms with Crippen molar-refractivity contribution in [3.63, 3.8) is 0 Å². The van der Waals surface area contributed by atoms with Crippen LogP contribution in [0, 0.1) is 0 Å². The maximum Gasteiger partial charge on any atom is 0.323 e. The zero-order valence-electron chi connectivity index (χ0n) is 13.4. The zero-order valence-corrected chi connectivity index (χ0v) is 13.4. The summed E-state index contributed by atoms with van der Waals surface area (Å²) in [4.78, 5) is 11.8. The fraction of sp³-hybridized carbons (Fsp3) is 0.611. The van der Waals surface area contributed by atoms with Gasteiger partial charge in [0.2, 0.25) is 0 Å². The second-order valence-electron chi connectivity index (χ2n) is 6.64. The minimum absolute atomic E-state index is 0.0290. The van der Waals surface area contributed by atoms with E-state index in [4.69, 9.17) is 9.47 Å². The summed E-state index contributed by atoms with van der Waals surface area (Å²) in [5.41, 5.74) is 1.43. The van der Waals surface area contributed by atoms with Crippen LogP contribution >= 0.6 is 0 Å². The summed E-state index contributed by atoms with van der Waals surface area (Å²) in [6.07, 6.45) is 5.60. The molecule has 4 heteroatoms. The van der Waals surface area contributed by atoms with E-state index >= 15 is 0 Å². The number of esters is 1. The maximum atomic E-state index is 11.8. The first-order chi connectivity index (χ1) is 10.6. The lowest BCUT2D eigenvalue weighted by atomic mass is 9.78. The molecule has 1 aromatic rings. The molecule has 1 saturated heterocycles. The monoisotopic (exact) mass is 303 g/mol. The SMILES string of the molecule is COc1cccc(C2(CN[C@@H]3C[C@@H](C)OC3=O)CCCC2)c1. The Morgan fingerprint density at radius 2 is 2.14 bits per heavy atom. The van der Waals surface area contributed by atoms with Gasteiger partial charge < -0.3 is 14.8 Å². The highest BCUT2D eigenvalue weighted by Gasteiger charge is 2.38. The average molecular weight is 303 g/mol. The van der Waals surface area contributed by atoms with Gasteiger partial charge in [-0.2, -0.15) is 0 Å². The van der Waals surface area contributed by atoms with Crippen LogP contribution in [0.2, 0.25) is 0 Å². The van der Waals surface area contributed by atoms with Crippen molar-refractivity contribution in [1.29, 1.82) is 0 Å². The summed E-state index contributed by atoms with van der Waals surface area (Å²) in [7, 11) is 1.70. The number of carbonyl (C=O) groups excluding carboxylic acids is 1. The smallest absolute Gasteiger partial charge is 0.323 e. The predicted molar refractivity (Wildman–Crippen MR) is 85.1 cm³/mol. The molecule has 1 aliphatic carbocycles. The Bertz CT molecular complexity index is 537. The number of nitrogens with one attached hydrogen (secondary N) is 1. The van der Waals surface area contributed by atoms with Crippen LogP contribution in [0.4, 0.5) is 0 Å². The lowest BCUT2D eigenvalue weighted by Gasteiger charge is -2.31. The summed E-state index contributed by atoms with van der Waals surface area (Å²) in [5.74, 6) is 0.795. The van der Waals surface area contributed by atoms with Gasteiger partial charge in [-0.3, -0.25) is 4.79 Å². The molecule has 0 aromatic heterocycles. The summed E-state index contributed by atoms with van der Waals surface area (Å²) in [5, 5.41) is 3.47. The highest BCUT2D eigenvalue weighted by molar-refractivity contribution is 5.77. The van der Waals surface area contributed by atoms with E-state index < -0.39 is 0 Å². The van der Waals surface area contributed by atoms with Crippen molar-refractivity contribution < 1.29 is 14.3 Å². The Hall–Kier alpha value is -1.55. The number of methoxy groups -OCH3 is 1. The maximum absolute atomic E-state index is 11.8. The van der Waals surface area contributed by atoms with Crippen LogP contribution in [-0.2, 0) is 14.9 Å². The molecule has 1 saturated carbocycles. The summed E-state index contributed by atoms with van der Waals surface area (Å²) >= 11 is 0. The third-order valence-electron chi connectivity index (χ3n) is 5.10. The molecular formula is C18H25NO3. The normalized spacial score (nSPS) is 26.9. The quantitative estimate of drug-likeness (QED) is 0.850. The minimum Gasteiger partial charge on any atom is -0.497 e. The molecule has 0 amide bonds. The van der Waals surface area contributed by atoms with Gasteiger partial charge in [-0.25, -0.2) is 0 Å². The molecule has 4 nitrogen and oxygen atoms in total. The number of hydrogen-bond acceptors (Lipinski definition) is 4. The van der Waals surface area contributed by atoms with E-state index in [0.717, 1.165) is 31.6 Å². The van der Waals surface area contributed by atoms with Crippen molar-refractivity contribution in [2.75, 3.05) is 13.7 Å². The fourth-order valence-corrected chi connectivity index (χ4v) is 3.81. The van der Waals surface area contributed by atoms with Gasteiger partial charge >= 0.3 is 5.97 Å². The zero-order chi connectivity index (χ0) is 15.6. The molecule has 2 aliphatic rings. The average Bonchev–Trinajstić information content (AvgIpc) is 3.13. The molecule has 2 fully saturated rings. The molecule has 0 radical (unpaired) electrons. The fourth-order valence-electron chi connectivity index (χ4n) is 3.81. The van der Waals surface area contributed by atoms with Crippen molar-refractivity contribution in [1.82, 2.24) is 5.32 Å². The summed E-state index contributed by atoms with van der Waals surface area (Å²) < 4.78 is 10.6. The summed E-state index contributed by atoms with van der Waals surface area (Å²) in [6.45, 7) is 2.78. The lowest BCUT2D eigenvalue weighted by Crippen LogP contribution is -2.43. The lowest BCUT2D eigenvalue weighted by molar-refractivity contribution is -0.142. The highest BCUT2D eigenvalue weighted by atomic mass is 16.6. The molecule has 120 valence electrons. The van der Waals surface area contributed by atoms with Crippen molar-refractivity contribution in [3.8, 4) is 5.75 Å². The van der Waals surface area contributed by atoms with Gasteiger partial charge in [-0.1, -0.05) is 25.0 Å². The number of benzene rings is 1. The number of hydrogen-bond donors (Lipinski definition) is 1. The van der Waals surface area contributed by atoms with Gasteiger partial charge in [0.1, 0.15) is 17.9 Å². The van der Waals surface area contributed by atoms with E-state index in [0.29, 0.717) is 0 Å². The first-order valence-electron chi connectivity index (χ1n) is 8.21. The molecular weight excluding hydrogens is 278 g/mol. The van der Waals surface area contributed by atoms with E-state index in [9.17, 15) is 4.79 Å². The van der Waals surface area contributed by atoms with Crippen LogP contribution in [-0.4, -0.2) is 31.8 Å². The van der Waals surface area contributed by atoms with Gasteiger partial charge in [0.15, 0.2) is 0 Å². The molecule has 1 heterocycles. The van der Waals surface area contributed by atoms with Crippen LogP contribution < -0.4 is 10.1 Å². The van der Waals surface area contributed by atoms with Crippen LogP contribution in [0.25, 0.3) is 0 Å². The number of ether oxygens (including phenoxy) is 2. The number of rotatable bonds is 5. The van der Waals surface area contributed by atoms with E-state index in [-0.39, 0.29) is 23.5 Å². The largest absolute Gasteiger partial charge is 0.497 e. The van der Waals surface area contributed by atoms with Crippen molar-refractivity contribution >= 4 is 5.97 Å². The van der Waals surface area contributed by atoms with Gasteiger partial charge in [-0.15, -0.1) is 0 Å². The van der Waals surface area contributed by atoms with Crippen molar-refractivity contribution in [2.45, 2.75) is 56.6 Å². The van der Waals surface area contributed by atoms with Gasteiger partial charge in [0.05, 0.1) is 7.11 Å². The van der Waals surface area contributed by atoms with Gasteiger partial charge in [-0.05, 0) is 37.5 Å².